The topological polar surface area (TPSA) is 44.8 Å². The largest absolute Gasteiger partial charge is 0.352 e. The molecule has 4 aromatic rings. The fourth-order valence-electron chi connectivity index (χ4n) is 3.12. The Morgan fingerprint density at radius 1 is 0.920 bits per heavy atom. The fraction of sp³-hybridized carbons (Fsp3) is 0.143. The second-order valence-electron chi connectivity index (χ2n) is 6.21. The molecule has 0 amide bonds. The van der Waals surface area contributed by atoms with Crippen LogP contribution in [0, 0.1) is 0 Å². The van der Waals surface area contributed by atoms with Crippen molar-refractivity contribution in [3.8, 4) is 11.3 Å². The van der Waals surface area contributed by atoms with Crippen LogP contribution in [0.3, 0.4) is 0 Å². The van der Waals surface area contributed by atoms with Gasteiger partial charge >= 0.3 is 0 Å². The monoisotopic (exact) mass is 328 g/mol. The average Bonchev–Trinajstić information content (AvgIpc) is 3.12. The summed E-state index contributed by atoms with van der Waals surface area (Å²) in [5, 5.41) is 1.03. The molecule has 1 unspecified atom stereocenters. The normalized spacial score (nSPS) is 12.2. The molecule has 2 heterocycles. The Hall–Kier alpha value is -3.14. The third kappa shape index (κ3) is 2.87. The van der Waals surface area contributed by atoms with E-state index in [-0.39, 0.29) is 6.04 Å². The maximum atomic E-state index is 4.56. The van der Waals surface area contributed by atoms with Crippen LogP contribution in [0.15, 0.2) is 73.1 Å². The maximum Gasteiger partial charge on any atom is 0.143 e. The summed E-state index contributed by atoms with van der Waals surface area (Å²) in [6.07, 6.45) is 1.62. The first-order valence-corrected chi connectivity index (χ1v) is 8.41. The van der Waals surface area contributed by atoms with Gasteiger partial charge in [-0.05, 0) is 24.1 Å². The van der Waals surface area contributed by atoms with Crippen molar-refractivity contribution in [2.75, 3.05) is 11.9 Å². The minimum Gasteiger partial charge on any atom is -0.352 e. The smallest absolute Gasteiger partial charge is 0.143 e. The molecule has 1 N–H and O–H groups in total. The number of hydrogen-bond acceptors (Lipinski definition) is 3. The molecule has 0 spiro atoms. The van der Waals surface area contributed by atoms with E-state index in [9.17, 15) is 0 Å². The van der Waals surface area contributed by atoms with Gasteiger partial charge < -0.3 is 9.88 Å². The van der Waals surface area contributed by atoms with Gasteiger partial charge in [-0.2, -0.15) is 0 Å². The Morgan fingerprint density at radius 3 is 2.32 bits per heavy atom. The number of aromatic amines is 1. The highest BCUT2D eigenvalue weighted by Crippen LogP contribution is 2.31. The van der Waals surface area contributed by atoms with Crippen LogP contribution in [0.2, 0.25) is 0 Å². The molecule has 124 valence electrons. The van der Waals surface area contributed by atoms with Crippen molar-refractivity contribution in [2.45, 2.75) is 13.0 Å². The standard InChI is InChI=1S/C21H20N4/c1-15(16-9-5-3-6-10-16)25(2)21-18-13-19(17-11-7-4-8-12-17)24-20(18)22-14-23-21/h3-15H,1-2H3,(H,22,23,24). The molecule has 0 bridgehead atoms. The fourth-order valence-corrected chi connectivity index (χ4v) is 3.12. The zero-order chi connectivity index (χ0) is 17.2. The highest BCUT2D eigenvalue weighted by Gasteiger charge is 2.17. The lowest BCUT2D eigenvalue weighted by Gasteiger charge is -2.26. The van der Waals surface area contributed by atoms with Crippen molar-refractivity contribution < 1.29 is 0 Å². The van der Waals surface area contributed by atoms with E-state index in [0.29, 0.717) is 0 Å². The molecule has 0 aliphatic heterocycles. The Labute approximate surface area is 147 Å². The lowest BCUT2D eigenvalue weighted by molar-refractivity contribution is 0.731. The van der Waals surface area contributed by atoms with Crippen molar-refractivity contribution in [3.05, 3.63) is 78.6 Å². The van der Waals surface area contributed by atoms with E-state index in [1.54, 1.807) is 6.33 Å². The van der Waals surface area contributed by atoms with Crippen LogP contribution in [-0.4, -0.2) is 22.0 Å². The number of nitrogens with zero attached hydrogens (tertiary/aromatic N) is 3. The number of rotatable bonds is 4. The predicted octanol–water partition coefficient (Wildman–Crippen LogP) is 4.82. The van der Waals surface area contributed by atoms with E-state index in [1.165, 1.54) is 5.56 Å². The number of hydrogen-bond donors (Lipinski definition) is 1. The molecule has 0 aliphatic carbocycles. The van der Waals surface area contributed by atoms with Crippen LogP contribution in [0.5, 0.6) is 0 Å². The van der Waals surface area contributed by atoms with Gasteiger partial charge in [-0.15, -0.1) is 0 Å². The molecular formula is C21H20N4. The summed E-state index contributed by atoms with van der Waals surface area (Å²) in [7, 11) is 2.08. The first-order chi connectivity index (χ1) is 12.2. The van der Waals surface area contributed by atoms with Crippen molar-refractivity contribution in [1.29, 1.82) is 0 Å². The molecule has 1 atom stereocenters. The van der Waals surface area contributed by atoms with Crippen LogP contribution in [0.4, 0.5) is 5.82 Å². The lowest BCUT2D eigenvalue weighted by atomic mass is 10.1. The number of nitrogens with one attached hydrogen (secondary N) is 1. The van der Waals surface area contributed by atoms with Crippen molar-refractivity contribution in [3.63, 3.8) is 0 Å². The van der Waals surface area contributed by atoms with Gasteiger partial charge in [0.15, 0.2) is 0 Å². The second-order valence-corrected chi connectivity index (χ2v) is 6.21. The van der Waals surface area contributed by atoms with E-state index in [0.717, 1.165) is 28.1 Å². The van der Waals surface area contributed by atoms with E-state index in [1.807, 2.05) is 24.3 Å². The lowest BCUT2D eigenvalue weighted by Crippen LogP contribution is -2.22. The zero-order valence-electron chi connectivity index (χ0n) is 14.3. The Bertz CT molecular complexity index is 977. The molecular weight excluding hydrogens is 308 g/mol. The van der Waals surface area contributed by atoms with Crippen LogP contribution >= 0.6 is 0 Å². The molecule has 0 aliphatic rings. The Balaban J connectivity index is 1.76. The maximum absolute atomic E-state index is 4.56. The van der Waals surface area contributed by atoms with Crippen molar-refractivity contribution in [2.24, 2.45) is 0 Å². The van der Waals surface area contributed by atoms with Crippen molar-refractivity contribution >= 4 is 16.9 Å². The van der Waals surface area contributed by atoms with Crippen LogP contribution < -0.4 is 4.90 Å². The number of fused-ring (bicyclic) bond motifs is 1. The van der Waals surface area contributed by atoms with Gasteiger partial charge in [-0.25, -0.2) is 9.97 Å². The molecule has 2 aromatic heterocycles. The van der Waals surface area contributed by atoms with Crippen LogP contribution in [0.25, 0.3) is 22.3 Å². The number of H-pyrrole nitrogens is 1. The third-order valence-corrected chi connectivity index (χ3v) is 4.69. The minimum atomic E-state index is 0.217. The number of aromatic nitrogens is 3. The minimum absolute atomic E-state index is 0.217. The van der Waals surface area contributed by atoms with E-state index in [2.05, 4.69) is 76.3 Å². The number of benzene rings is 2. The molecule has 4 nitrogen and oxygen atoms in total. The third-order valence-electron chi connectivity index (χ3n) is 4.69. The molecule has 4 heteroatoms. The highest BCUT2D eigenvalue weighted by atomic mass is 15.2. The van der Waals surface area contributed by atoms with Crippen LogP contribution in [-0.2, 0) is 0 Å². The molecule has 0 radical (unpaired) electrons. The van der Waals surface area contributed by atoms with Gasteiger partial charge in [-0.1, -0.05) is 60.7 Å². The molecule has 4 rings (SSSR count). The van der Waals surface area contributed by atoms with Gasteiger partial charge in [-0.3, -0.25) is 0 Å². The Kier molecular flexibility index (Phi) is 3.94. The van der Waals surface area contributed by atoms with Gasteiger partial charge in [0, 0.05) is 12.7 Å². The van der Waals surface area contributed by atoms with Gasteiger partial charge in [0.05, 0.1) is 11.4 Å². The van der Waals surface area contributed by atoms with Gasteiger partial charge in [0.25, 0.3) is 0 Å². The quantitative estimate of drug-likeness (QED) is 0.584. The summed E-state index contributed by atoms with van der Waals surface area (Å²) in [5.41, 5.74) is 4.31. The second kappa shape index (κ2) is 6.40. The molecule has 0 saturated heterocycles. The first kappa shape index (κ1) is 15.4. The van der Waals surface area contributed by atoms with Crippen molar-refractivity contribution in [1.82, 2.24) is 15.0 Å². The summed E-state index contributed by atoms with van der Waals surface area (Å²) < 4.78 is 0. The van der Waals surface area contributed by atoms with Crippen LogP contribution in [0.1, 0.15) is 18.5 Å². The van der Waals surface area contributed by atoms with E-state index in [4.69, 9.17) is 0 Å². The molecule has 0 fully saturated rings. The van der Waals surface area contributed by atoms with E-state index < -0.39 is 0 Å². The summed E-state index contributed by atoms with van der Waals surface area (Å²) in [4.78, 5) is 14.6. The SMILES string of the molecule is CC(c1ccccc1)N(C)c1ncnc2[nH]c(-c3ccccc3)cc12. The summed E-state index contributed by atoms with van der Waals surface area (Å²) >= 11 is 0. The van der Waals surface area contributed by atoms with Gasteiger partial charge in [0.2, 0.25) is 0 Å². The molecule has 25 heavy (non-hydrogen) atoms. The summed E-state index contributed by atoms with van der Waals surface area (Å²) in [6.45, 7) is 2.19. The first-order valence-electron chi connectivity index (χ1n) is 8.41. The van der Waals surface area contributed by atoms with Gasteiger partial charge in [0.1, 0.15) is 17.8 Å². The number of anilines is 1. The predicted molar refractivity (Wildman–Crippen MR) is 103 cm³/mol. The zero-order valence-corrected chi connectivity index (χ0v) is 14.3. The molecule has 0 saturated carbocycles. The average molecular weight is 328 g/mol. The highest BCUT2D eigenvalue weighted by molar-refractivity contribution is 5.91. The molecule has 2 aromatic carbocycles. The summed E-state index contributed by atoms with van der Waals surface area (Å²) in [5.74, 6) is 0.930. The Morgan fingerprint density at radius 2 is 1.60 bits per heavy atom. The summed E-state index contributed by atoms with van der Waals surface area (Å²) in [6, 6.07) is 23.1. The van der Waals surface area contributed by atoms with E-state index >= 15 is 0 Å².